The van der Waals surface area contributed by atoms with E-state index >= 15 is 0 Å². The molecule has 0 saturated heterocycles. The number of nitrogens with one attached hydrogen (secondary N) is 4. The standard InChI is InChI=1S/C27H36F3N5O3/c1-16-6-7-18(17(2)10-16)14-32-9-8-22(25(38)35-26(3,4)5)34-23(36)15-33-24(37)19-11-20(27(28,29)30)13-21(31)12-19/h6-7,10-13,22,32H,8-9,14-15,31H2,1-5H3,(H,33,37)(H,34,36)(H,35,38). The van der Waals surface area contributed by atoms with Crippen molar-refractivity contribution >= 4 is 23.4 Å². The maximum Gasteiger partial charge on any atom is 0.416 e. The quantitative estimate of drug-likeness (QED) is 0.236. The Kier molecular flexibility index (Phi) is 10.3. The van der Waals surface area contributed by atoms with E-state index in [9.17, 15) is 27.6 Å². The lowest BCUT2D eigenvalue weighted by Gasteiger charge is -2.26. The van der Waals surface area contributed by atoms with E-state index < -0.39 is 47.6 Å². The van der Waals surface area contributed by atoms with E-state index in [0.29, 0.717) is 19.2 Å². The molecule has 0 spiro atoms. The van der Waals surface area contributed by atoms with E-state index in [1.165, 1.54) is 0 Å². The van der Waals surface area contributed by atoms with Gasteiger partial charge in [0.25, 0.3) is 5.91 Å². The Balaban J connectivity index is 1.98. The minimum atomic E-state index is -4.68. The molecule has 0 aliphatic heterocycles. The van der Waals surface area contributed by atoms with Gasteiger partial charge in [-0.15, -0.1) is 0 Å². The van der Waals surface area contributed by atoms with Crippen LogP contribution in [0.2, 0.25) is 0 Å². The highest BCUT2D eigenvalue weighted by Crippen LogP contribution is 2.31. The average Bonchev–Trinajstić information content (AvgIpc) is 2.78. The molecule has 1 unspecified atom stereocenters. The molecule has 0 aliphatic rings. The Bertz CT molecular complexity index is 1160. The summed E-state index contributed by atoms with van der Waals surface area (Å²) >= 11 is 0. The average molecular weight is 536 g/mol. The van der Waals surface area contributed by atoms with E-state index in [0.717, 1.165) is 28.8 Å². The molecule has 11 heteroatoms. The van der Waals surface area contributed by atoms with Crippen molar-refractivity contribution in [3.05, 3.63) is 64.2 Å². The number of rotatable bonds is 10. The summed E-state index contributed by atoms with van der Waals surface area (Å²) in [6.07, 6.45) is -4.40. The molecule has 2 rings (SSSR count). The molecule has 1 atom stereocenters. The first-order chi connectivity index (χ1) is 17.5. The van der Waals surface area contributed by atoms with Crippen molar-refractivity contribution in [2.24, 2.45) is 0 Å². The predicted octanol–water partition coefficient (Wildman–Crippen LogP) is 3.21. The minimum Gasteiger partial charge on any atom is -0.399 e. The number of carbonyl (C=O) groups is 3. The van der Waals surface area contributed by atoms with Crippen LogP contribution in [0.3, 0.4) is 0 Å². The Morgan fingerprint density at radius 3 is 2.29 bits per heavy atom. The van der Waals surface area contributed by atoms with Crippen molar-refractivity contribution in [1.82, 2.24) is 21.3 Å². The Hall–Kier alpha value is -3.60. The first-order valence-corrected chi connectivity index (χ1v) is 12.2. The minimum absolute atomic E-state index is 0.235. The number of halogens is 3. The second-order valence-electron chi connectivity index (χ2n) is 10.3. The van der Waals surface area contributed by atoms with Gasteiger partial charge in [-0.2, -0.15) is 13.2 Å². The number of benzene rings is 2. The van der Waals surface area contributed by atoms with Crippen LogP contribution in [0.1, 0.15) is 59.8 Å². The number of hydrogen-bond donors (Lipinski definition) is 5. The molecule has 0 heterocycles. The van der Waals surface area contributed by atoms with Gasteiger partial charge in [0, 0.05) is 23.3 Å². The number of nitrogen functional groups attached to an aromatic ring is 1. The summed E-state index contributed by atoms with van der Waals surface area (Å²) in [6.45, 7) is 9.93. The number of carbonyl (C=O) groups excluding carboxylic acids is 3. The van der Waals surface area contributed by atoms with E-state index in [4.69, 9.17) is 5.73 Å². The van der Waals surface area contributed by atoms with Gasteiger partial charge < -0.3 is 27.0 Å². The molecule has 208 valence electrons. The zero-order valence-electron chi connectivity index (χ0n) is 22.3. The molecule has 0 fully saturated rings. The number of aryl methyl sites for hydroxylation is 2. The van der Waals surface area contributed by atoms with Crippen LogP contribution in [-0.4, -0.2) is 42.4 Å². The Morgan fingerprint density at radius 2 is 1.68 bits per heavy atom. The Morgan fingerprint density at radius 1 is 1.00 bits per heavy atom. The SMILES string of the molecule is Cc1ccc(CNCCC(NC(=O)CNC(=O)c2cc(N)cc(C(F)(F)F)c2)C(=O)NC(C)(C)C)c(C)c1. The number of alkyl halides is 3. The van der Waals surface area contributed by atoms with Gasteiger partial charge in [-0.05, 0) is 76.9 Å². The smallest absolute Gasteiger partial charge is 0.399 e. The fourth-order valence-corrected chi connectivity index (χ4v) is 3.69. The first-order valence-electron chi connectivity index (χ1n) is 12.2. The molecule has 8 nitrogen and oxygen atoms in total. The van der Waals surface area contributed by atoms with Crippen LogP contribution in [0.5, 0.6) is 0 Å². The molecule has 0 saturated carbocycles. The molecule has 0 aliphatic carbocycles. The Labute approximate surface area is 220 Å². The summed E-state index contributed by atoms with van der Waals surface area (Å²) in [4.78, 5) is 37.7. The summed E-state index contributed by atoms with van der Waals surface area (Å²) in [5.74, 6) is -1.96. The molecule has 2 aromatic rings. The van der Waals surface area contributed by atoms with Crippen LogP contribution in [0.15, 0.2) is 36.4 Å². The van der Waals surface area contributed by atoms with Gasteiger partial charge in [0.2, 0.25) is 11.8 Å². The molecule has 0 bridgehead atoms. The van der Waals surface area contributed by atoms with E-state index in [1.807, 2.05) is 46.8 Å². The molecule has 0 aromatic heterocycles. The summed E-state index contributed by atoms with van der Waals surface area (Å²) in [5, 5.41) is 11.0. The van der Waals surface area contributed by atoms with Crippen molar-refractivity contribution in [1.29, 1.82) is 0 Å². The van der Waals surface area contributed by atoms with Crippen LogP contribution >= 0.6 is 0 Å². The van der Waals surface area contributed by atoms with Crippen LogP contribution < -0.4 is 27.0 Å². The van der Waals surface area contributed by atoms with Crippen LogP contribution in [0, 0.1) is 13.8 Å². The third kappa shape index (κ3) is 10.0. The van der Waals surface area contributed by atoms with Gasteiger partial charge in [0.05, 0.1) is 12.1 Å². The number of nitrogens with two attached hydrogens (primary N) is 1. The van der Waals surface area contributed by atoms with Crippen LogP contribution in [0.4, 0.5) is 18.9 Å². The van der Waals surface area contributed by atoms with Gasteiger partial charge in [0.1, 0.15) is 6.04 Å². The van der Waals surface area contributed by atoms with Gasteiger partial charge >= 0.3 is 6.18 Å². The van der Waals surface area contributed by atoms with Gasteiger partial charge in [-0.3, -0.25) is 14.4 Å². The zero-order chi connectivity index (χ0) is 28.7. The summed E-state index contributed by atoms with van der Waals surface area (Å²) in [5.41, 5.74) is 6.75. The molecule has 6 N–H and O–H groups in total. The highest BCUT2D eigenvalue weighted by Gasteiger charge is 2.32. The van der Waals surface area contributed by atoms with E-state index in [1.54, 1.807) is 0 Å². The van der Waals surface area contributed by atoms with E-state index in [2.05, 4.69) is 27.3 Å². The lowest BCUT2D eigenvalue weighted by molar-refractivity contribution is -0.137. The predicted molar refractivity (Wildman–Crippen MR) is 140 cm³/mol. The van der Waals surface area contributed by atoms with Gasteiger partial charge in [-0.25, -0.2) is 0 Å². The summed E-state index contributed by atoms with van der Waals surface area (Å²) in [7, 11) is 0. The second-order valence-corrected chi connectivity index (χ2v) is 10.3. The van der Waals surface area contributed by atoms with Gasteiger partial charge in [0.15, 0.2) is 0 Å². The first kappa shape index (κ1) is 30.6. The molecule has 3 amide bonds. The normalized spacial score (nSPS) is 12.5. The fraction of sp³-hybridized carbons (Fsp3) is 0.444. The lowest BCUT2D eigenvalue weighted by atomic mass is 10.1. The third-order valence-corrected chi connectivity index (χ3v) is 5.53. The molecular formula is C27H36F3N5O3. The number of amides is 3. The van der Waals surface area contributed by atoms with Crippen molar-refractivity contribution in [3.63, 3.8) is 0 Å². The van der Waals surface area contributed by atoms with Crippen molar-refractivity contribution < 1.29 is 27.6 Å². The van der Waals surface area contributed by atoms with Crippen LogP contribution in [-0.2, 0) is 22.3 Å². The monoisotopic (exact) mass is 535 g/mol. The largest absolute Gasteiger partial charge is 0.416 e. The van der Waals surface area contributed by atoms with Crippen molar-refractivity contribution in [2.45, 2.75) is 65.3 Å². The molecule has 38 heavy (non-hydrogen) atoms. The lowest BCUT2D eigenvalue weighted by Crippen LogP contribution is -2.54. The summed E-state index contributed by atoms with van der Waals surface area (Å²) in [6, 6.07) is 7.70. The second kappa shape index (κ2) is 12.8. The number of hydrogen-bond acceptors (Lipinski definition) is 5. The fourth-order valence-electron chi connectivity index (χ4n) is 3.69. The molecule has 0 radical (unpaired) electrons. The summed E-state index contributed by atoms with van der Waals surface area (Å²) < 4.78 is 39.1. The maximum atomic E-state index is 13.0. The van der Waals surface area contributed by atoms with Crippen molar-refractivity contribution in [3.8, 4) is 0 Å². The van der Waals surface area contributed by atoms with Crippen LogP contribution in [0.25, 0.3) is 0 Å². The third-order valence-electron chi connectivity index (χ3n) is 5.53. The van der Waals surface area contributed by atoms with Gasteiger partial charge in [-0.1, -0.05) is 23.8 Å². The zero-order valence-corrected chi connectivity index (χ0v) is 22.3. The number of anilines is 1. The van der Waals surface area contributed by atoms with E-state index in [-0.39, 0.29) is 17.7 Å². The maximum absolute atomic E-state index is 13.0. The van der Waals surface area contributed by atoms with Crippen molar-refractivity contribution in [2.75, 3.05) is 18.8 Å². The molecular weight excluding hydrogens is 499 g/mol. The highest BCUT2D eigenvalue weighted by atomic mass is 19.4. The molecule has 2 aromatic carbocycles. The highest BCUT2D eigenvalue weighted by molar-refractivity contribution is 5.98. The topological polar surface area (TPSA) is 125 Å².